The van der Waals surface area contributed by atoms with Gasteiger partial charge in [0.2, 0.25) is 5.88 Å². The Labute approximate surface area is 171 Å². The van der Waals surface area contributed by atoms with E-state index in [-0.39, 0.29) is 5.41 Å². The van der Waals surface area contributed by atoms with Crippen LogP contribution in [0.2, 0.25) is 5.02 Å². The van der Waals surface area contributed by atoms with Gasteiger partial charge in [0.05, 0.1) is 6.61 Å². The first-order chi connectivity index (χ1) is 13.7. The van der Waals surface area contributed by atoms with E-state index < -0.39 is 0 Å². The van der Waals surface area contributed by atoms with Crippen LogP contribution in [0.3, 0.4) is 0 Å². The van der Waals surface area contributed by atoms with Crippen LogP contribution < -0.4 is 15.4 Å². The van der Waals surface area contributed by atoms with Crippen molar-refractivity contribution in [3.8, 4) is 5.88 Å². The molecular weight excluding hydrogens is 376 g/mol. The molecule has 1 saturated carbocycles. The summed E-state index contributed by atoms with van der Waals surface area (Å²) in [6, 6.07) is 12.0. The molecule has 150 valence electrons. The Hall–Kier alpha value is -2.31. The van der Waals surface area contributed by atoms with Crippen LogP contribution in [0, 0.1) is 0 Å². The summed E-state index contributed by atoms with van der Waals surface area (Å²) in [5.41, 5.74) is 2.40. The van der Waals surface area contributed by atoms with Crippen LogP contribution in [0.1, 0.15) is 24.0 Å². The Morgan fingerprint density at radius 2 is 2.07 bits per heavy atom. The van der Waals surface area contributed by atoms with Crippen LogP contribution in [-0.4, -0.2) is 44.9 Å². The zero-order chi connectivity index (χ0) is 19.8. The van der Waals surface area contributed by atoms with E-state index in [4.69, 9.17) is 21.1 Å². The monoisotopic (exact) mass is 402 g/mol. The predicted octanol–water partition coefficient (Wildman–Crippen LogP) is 3.16. The molecule has 1 aromatic heterocycles. The molecule has 0 bridgehead atoms. The second kappa shape index (κ2) is 9.75. The average molecular weight is 403 g/mol. The summed E-state index contributed by atoms with van der Waals surface area (Å²) < 4.78 is 10.7. The van der Waals surface area contributed by atoms with E-state index in [2.05, 4.69) is 32.7 Å². The van der Waals surface area contributed by atoms with Crippen molar-refractivity contribution in [1.29, 1.82) is 0 Å². The van der Waals surface area contributed by atoms with Gasteiger partial charge in [-0.3, -0.25) is 4.99 Å². The molecule has 0 atom stereocenters. The number of halogens is 1. The van der Waals surface area contributed by atoms with Gasteiger partial charge in [0.15, 0.2) is 5.96 Å². The zero-order valence-electron chi connectivity index (χ0n) is 16.4. The number of aliphatic imine (C=N–C) groups is 1. The summed E-state index contributed by atoms with van der Waals surface area (Å²) in [6.07, 6.45) is 4.02. The number of nitrogens with one attached hydrogen (secondary N) is 2. The highest BCUT2D eigenvalue weighted by atomic mass is 35.5. The highest BCUT2D eigenvalue weighted by Crippen LogP contribution is 2.48. The molecule has 0 unspecified atom stereocenters. The number of ether oxygens (including phenoxy) is 2. The van der Waals surface area contributed by atoms with Crippen LogP contribution in [0.15, 0.2) is 47.6 Å². The molecule has 1 aromatic carbocycles. The molecule has 1 fully saturated rings. The topological polar surface area (TPSA) is 67.8 Å². The minimum absolute atomic E-state index is 0.144. The molecule has 2 N–H and O–H groups in total. The fraction of sp³-hybridized carbons (Fsp3) is 0.429. The summed E-state index contributed by atoms with van der Waals surface area (Å²) in [5, 5.41) is 7.57. The zero-order valence-corrected chi connectivity index (χ0v) is 17.1. The van der Waals surface area contributed by atoms with Gasteiger partial charge in [-0.2, -0.15) is 0 Å². The molecule has 6 nitrogen and oxygen atoms in total. The Bertz CT molecular complexity index is 808. The van der Waals surface area contributed by atoms with Gasteiger partial charge >= 0.3 is 0 Å². The van der Waals surface area contributed by atoms with E-state index in [0.29, 0.717) is 25.6 Å². The van der Waals surface area contributed by atoms with Crippen molar-refractivity contribution in [3.63, 3.8) is 0 Å². The molecule has 1 aliphatic rings. The van der Waals surface area contributed by atoms with E-state index >= 15 is 0 Å². The van der Waals surface area contributed by atoms with Gasteiger partial charge in [0.1, 0.15) is 6.61 Å². The van der Waals surface area contributed by atoms with Crippen LogP contribution in [0.25, 0.3) is 0 Å². The van der Waals surface area contributed by atoms with Crippen molar-refractivity contribution < 1.29 is 9.47 Å². The summed E-state index contributed by atoms with van der Waals surface area (Å²) in [4.78, 5) is 8.64. The fourth-order valence-corrected chi connectivity index (χ4v) is 3.29. The second-order valence-corrected chi connectivity index (χ2v) is 7.32. The molecule has 2 aromatic rings. The molecular formula is C21H27ClN4O2. The highest BCUT2D eigenvalue weighted by Gasteiger charge is 2.44. The van der Waals surface area contributed by atoms with Crippen molar-refractivity contribution in [3.05, 3.63) is 58.7 Å². The van der Waals surface area contributed by atoms with Crippen LogP contribution in [0.5, 0.6) is 5.88 Å². The minimum atomic E-state index is 0.144. The fourth-order valence-electron chi connectivity index (χ4n) is 3.10. The third-order valence-corrected chi connectivity index (χ3v) is 5.17. The third kappa shape index (κ3) is 5.36. The van der Waals surface area contributed by atoms with Crippen molar-refractivity contribution in [1.82, 2.24) is 15.6 Å². The predicted molar refractivity (Wildman–Crippen MR) is 112 cm³/mol. The molecule has 3 rings (SSSR count). The molecule has 7 heteroatoms. The lowest BCUT2D eigenvalue weighted by Gasteiger charge is -2.19. The maximum absolute atomic E-state index is 6.16. The smallest absolute Gasteiger partial charge is 0.218 e. The van der Waals surface area contributed by atoms with Gasteiger partial charge in [-0.05, 0) is 36.6 Å². The van der Waals surface area contributed by atoms with Crippen molar-refractivity contribution in [2.75, 3.05) is 33.9 Å². The van der Waals surface area contributed by atoms with Gasteiger partial charge in [0.25, 0.3) is 0 Å². The Balaban J connectivity index is 1.55. The van der Waals surface area contributed by atoms with Gasteiger partial charge in [-0.1, -0.05) is 29.8 Å². The summed E-state index contributed by atoms with van der Waals surface area (Å²) in [5.74, 6) is 1.36. The molecule has 28 heavy (non-hydrogen) atoms. The molecule has 0 aliphatic heterocycles. The van der Waals surface area contributed by atoms with E-state index in [9.17, 15) is 0 Å². The first-order valence-electron chi connectivity index (χ1n) is 9.43. The van der Waals surface area contributed by atoms with Gasteiger partial charge in [0, 0.05) is 49.4 Å². The Morgan fingerprint density at radius 1 is 1.21 bits per heavy atom. The van der Waals surface area contributed by atoms with Gasteiger partial charge in [-0.25, -0.2) is 4.98 Å². The van der Waals surface area contributed by atoms with Crippen LogP contribution in [0.4, 0.5) is 0 Å². The number of rotatable bonds is 9. The number of nitrogens with zero attached hydrogens (tertiary/aromatic N) is 2. The van der Waals surface area contributed by atoms with Crippen LogP contribution in [-0.2, 0) is 16.7 Å². The molecule has 0 spiro atoms. The minimum Gasteiger partial charge on any atom is -0.475 e. The van der Waals surface area contributed by atoms with E-state index in [1.54, 1.807) is 20.4 Å². The maximum Gasteiger partial charge on any atom is 0.218 e. The van der Waals surface area contributed by atoms with Gasteiger partial charge in [-0.15, -0.1) is 0 Å². The number of aromatic nitrogens is 1. The number of pyridine rings is 1. The maximum atomic E-state index is 6.16. The van der Waals surface area contributed by atoms with Crippen LogP contribution >= 0.6 is 11.6 Å². The first-order valence-corrected chi connectivity index (χ1v) is 9.81. The third-order valence-electron chi connectivity index (χ3n) is 4.93. The number of benzene rings is 1. The lowest BCUT2D eigenvalue weighted by atomic mass is 9.96. The number of methoxy groups -OCH3 is 1. The lowest BCUT2D eigenvalue weighted by Crippen LogP contribution is -2.41. The standard InChI is InChI=1S/C21H27ClN4O2/c1-23-20(25-14-16-5-4-10-24-19(16)28-12-11-27-2)26-15-21(8-9-21)17-6-3-7-18(22)13-17/h3-7,10,13H,8-9,11-12,14-15H2,1-2H3,(H2,23,25,26). The first kappa shape index (κ1) is 20.4. The molecule has 1 aliphatic carbocycles. The Kier molecular flexibility index (Phi) is 7.12. The summed E-state index contributed by atoms with van der Waals surface area (Å²) in [6.45, 7) is 2.38. The van der Waals surface area contributed by atoms with Crippen molar-refractivity contribution in [2.24, 2.45) is 4.99 Å². The second-order valence-electron chi connectivity index (χ2n) is 6.88. The van der Waals surface area contributed by atoms with E-state index in [0.717, 1.165) is 35.9 Å². The molecule has 0 radical (unpaired) electrons. The molecule has 0 saturated heterocycles. The quantitative estimate of drug-likeness (QED) is 0.383. The SMILES string of the molecule is CN=C(NCc1cccnc1OCCOC)NCC1(c2cccc(Cl)c2)CC1. The van der Waals surface area contributed by atoms with E-state index in [1.807, 2.05) is 24.3 Å². The van der Waals surface area contributed by atoms with Crippen molar-refractivity contribution in [2.45, 2.75) is 24.8 Å². The van der Waals surface area contributed by atoms with Gasteiger partial charge < -0.3 is 20.1 Å². The number of hydrogen-bond acceptors (Lipinski definition) is 4. The average Bonchev–Trinajstić information content (AvgIpc) is 3.50. The largest absolute Gasteiger partial charge is 0.475 e. The Morgan fingerprint density at radius 3 is 2.79 bits per heavy atom. The molecule has 1 heterocycles. The van der Waals surface area contributed by atoms with Crippen molar-refractivity contribution >= 4 is 17.6 Å². The normalized spacial score (nSPS) is 15.2. The molecule has 0 amide bonds. The summed E-state index contributed by atoms with van der Waals surface area (Å²) in [7, 11) is 3.42. The number of hydrogen-bond donors (Lipinski definition) is 2. The summed E-state index contributed by atoms with van der Waals surface area (Å²) >= 11 is 6.16. The highest BCUT2D eigenvalue weighted by molar-refractivity contribution is 6.30. The van der Waals surface area contributed by atoms with E-state index in [1.165, 1.54) is 5.56 Å². The number of guanidine groups is 1. The lowest BCUT2D eigenvalue weighted by molar-refractivity contribution is 0.143.